The number of aromatic nitrogens is 2. The minimum absolute atomic E-state index is 0.0482. The molecule has 0 saturated heterocycles. The molecule has 0 fully saturated rings. The van der Waals surface area contributed by atoms with E-state index in [1.165, 1.54) is 22.8 Å². The smallest absolute Gasteiger partial charge is 0.262 e. The van der Waals surface area contributed by atoms with E-state index in [1.807, 2.05) is 18.2 Å². The number of ether oxygens (including phenoxy) is 2. The van der Waals surface area contributed by atoms with E-state index in [4.69, 9.17) is 21.7 Å². The van der Waals surface area contributed by atoms with E-state index >= 15 is 0 Å². The molecule has 0 aliphatic heterocycles. The summed E-state index contributed by atoms with van der Waals surface area (Å²) in [6, 6.07) is 16.6. The van der Waals surface area contributed by atoms with Gasteiger partial charge in [0.05, 0.1) is 37.6 Å². The largest absolute Gasteiger partial charge is 0.545 e. The Morgan fingerprint density at radius 3 is 2.30 bits per heavy atom. The summed E-state index contributed by atoms with van der Waals surface area (Å²) in [7, 11) is 3.15. The number of nitrogens with zero attached hydrogens (tertiary/aromatic N) is 1. The van der Waals surface area contributed by atoms with Gasteiger partial charge < -0.3 is 29.7 Å². The number of rotatable bonds is 9. The number of hydrogen-bond donors (Lipinski definition) is 2. The molecule has 0 bridgehead atoms. The van der Waals surface area contributed by atoms with Gasteiger partial charge in [-0.05, 0) is 71.7 Å². The molecule has 0 atom stereocenters. The fraction of sp³-hybridized carbons (Fsp3) is 0.185. The molecule has 0 spiro atoms. The van der Waals surface area contributed by atoms with Gasteiger partial charge in [-0.3, -0.25) is 14.2 Å². The van der Waals surface area contributed by atoms with E-state index in [0.717, 1.165) is 11.1 Å². The quantitative estimate of drug-likeness (QED) is 0.326. The number of carboxylic acid groups (broad SMARTS) is 1. The number of H-pyrrole nitrogens is 1. The third kappa shape index (κ3) is 5.70. The Kier molecular flexibility index (Phi) is 7.69. The average Bonchev–Trinajstić information content (AvgIpc) is 2.90. The first-order valence-corrected chi connectivity index (χ1v) is 11.8. The summed E-state index contributed by atoms with van der Waals surface area (Å²) in [5.74, 6) is -0.270. The number of aromatic amines is 1. The van der Waals surface area contributed by atoms with Crippen LogP contribution < -0.4 is 25.5 Å². The lowest BCUT2D eigenvalue weighted by Crippen LogP contribution is -2.26. The maximum atomic E-state index is 13.0. The molecule has 0 radical (unpaired) electrons. The summed E-state index contributed by atoms with van der Waals surface area (Å²) < 4.78 is 12.1. The predicted octanol–water partition coefficient (Wildman–Crippen LogP) is 2.46. The first kappa shape index (κ1) is 25.6. The Hall–Kier alpha value is -4.44. The van der Waals surface area contributed by atoms with Crippen LogP contribution in [-0.4, -0.2) is 42.2 Å². The summed E-state index contributed by atoms with van der Waals surface area (Å²) in [4.78, 5) is 39.5. The van der Waals surface area contributed by atoms with Gasteiger partial charge in [0.25, 0.3) is 11.5 Å². The van der Waals surface area contributed by atoms with Gasteiger partial charge in [0, 0.05) is 12.1 Å². The Morgan fingerprint density at radius 2 is 1.62 bits per heavy atom. The van der Waals surface area contributed by atoms with Crippen LogP contribution in [0.3, 0.4) is 0 Å². The van der Waals surface area contributed by atoms with E-state index in [1.54, 1.807) is 38.5 Å². The standard InChI is InChI=1S/C27H25N3O6S/c1-35-22-10-5-16(13-23(22)36-2)11-12-28-24(31)18-6-3-17(4-7-18)15-30-25(32)20-9-8-19(26(33)34)14-21(20)29-27(30)37/h3-10,13-14H,11-12,15H2,1-2H3,(H,28,31)(H,29,37)(H,33,34)/p-1. The third-order valence-electron chi connectivity index (χ3n) is 5.92. The highest BCUT2D eigenvalue weighted by Crippen LogP contribution is 2.27. The molecular weight excluding hydrogens is 494 g/mol. The van der Waals surface area contributed by atoms with Crippen molar-refractivity contribution in [2.45, 2.75) is 13.0 Å². The van der Waals surface area contributed by atoms with Gasteiger partial charge in [-0.25, -0.2) is 0 Å². The van der Waals surface area contributed by atoms with E-state index < -0.39 is 5.97 Å². The number of hydrogen-bond acceptors (Lipinski definition) is 7. The van der Waals surface area contributed by atoms with Crippen molar-refractivity contribution >= 4 is 35.0 Å². The number of carbonyl (C=O) groups is 2. The van der Waals surface area contributed by atoms with E-state index in [0.29, 0.717) is 40.9 Å². The van der Waals surface area contributed by atoms with Crippen LogP contribution in [0.1, 0.15) is 31.8 Å². The zero-order chi connectivity index (χ0) is 26.5. The van der Waals surface area contributed by atoms with Crippen molar-refractivity contribution in [3.8, 4) is 11.5 Å². The Labute approximate surface area is 217 Å². The number of methoxy groups -OCH3 is 2. The van der Waals surface area contributed by atoms with Gasteiger partial charge in [-0.15, -0.1) is 0 Å². The normalized spacial score (nSPS) is 10.8. The zero-order valence-corrected chi connectivity index (χ0v) is 21.0. The number of fused-ring (bicyclic) bond motifs is 1. The molecule has 1 amide bonds. The first-order valence-electron chi connectivity index (χ1n) is 11.4. The fourth-order valence-electron chi connectivity index (χ4n) is 3.93. The summed E-state index contributed by atoms with van der Waals surface area (Å²) in [5, 5.41) is 14.3. The Morgan fingerprint density at radius 1 is 0.946 bits per heavy atom. The van der Waals surface area contributed by atoms with Crippen LogP contribution in [0.4, 0.5) is 0 Å². The molecule has 0 aliphatic rings. The number of aromatic carboxylic acids is 1. The van der Waals surface area contributed by atoms with Crippen LogP contribution in [-0.2, 0) is 13.0 Å². The number of benzene rings is 3. The van der Waals surface area contributed by atoms with Crippen molar-refractivity contribution in [1.82, 2.24) is 14.9 Å². The molecular formula is C27H24N3O6S-. The average molecular weight is 519 g/mol. The van der Waals surface area contributed by atoms with Gasteiger partial charge in [0.15, 0.2) is 16.3 Å². The van der Waals surface area contributed by atoms with Crippen molar-refractivity contribution in [2.24, 2.45) is 0 Å². The van der Waals surface area contributed by atoms with E-state index in [2.05, 4.69) is 10.3 Å². The molecule has 0 unspecified atom stereocenters. The van der Waals surface area contributed by atoms with Crippen LogP contribution in [0.25, 0.3) is 10.9 Å². The molecule has 1 heterocycles. The highest BCUT2D eigenvalue weighted by Gasteiger charge is 2.10. The summed E-state index contributed by atoms with van der Waals surface area (Å²) in [6.07, 6.45) is 0.623. The minimum atomic E-state index is -1.34. The van der Waals surface area contributed by atoms with Crippen LogP contribution in [0.2, 0.25) is 0 Å². The molecule has 190 valence electrons. The van der Waals surface area contributed by atoms with E-state index in [-0.39, 0.29) is 28.3 Å². The van der Waals surface area contributed by atoms with Gasteiger partial charge in [0.2, 0.25) is 0 Å². The molecule has 10 heteroatoms. The van der Waals surface area contributed by atoms with Crippen LogP contribution in [0.15, 0.2) is 65.5 Å². The molecule has 4 aromatic rings. The fourth-order valence-corrected chi connectivity index (χ4v) is 4.19. The van der Waals surface area contributed by atoms with E-state index in [9.17, 15) is 19.5 Å². The zero-order valence-electron chi connectivity index (χ0n) is 20.2. The number of carboxylic acids is 1. The third-order valence-corrected chi connectivity index (χ3v) is 6.24. The summed E-state index contributed by atoms with van der Waals surface area (Å²) in [5.41, 5.74) is 2.19. The molecule has 9 nitrogen and oxygen atoms in total. The lowest BCUT2D eigenvalue weighted by atomic mass is 10.1. The molecule has 2 N–H and O–H groups in total. The molecule has 37 heavy (non-hydrogen) atoms. The predicted molar refractivity (Wildman–Crippen MR) is 139 cm³/mol. The maximum Gasteiger partial charge on any atom is 0.262 e. The lowest BCUT2D eigenvalue weighted by Gasteiger charge is -2.11. The molecule has 3 aromatic carbocycles. The number of amides is 1. The first-order chi connectivity index (χ1) is 17.8. The van der Waals surface area contributed by atoms with Crippen LogP contribution in [0, 0.1) is 4.77 Å². The van der Waals surface area contributed by atoms with Crippen molar-refractivity contribution < 1.29 is 24.2 Å². The second kappa shape index (κ2) is 11.1. The van der Waals surface area contributed by atoms with Crippen molar-refractivity contribution in [2.75, 3.05) is 20.8 Å². The summed E-state index contributed by atoms with van der Waals surface area (Å²) in [6.45, 7) is 0.630. The topological polar surface area (TPSA) is 125 Å². The van der Waals surface area contributed by atoms with Gasteiger partial charge >= 0.3 is 0 Å². The van der Waals surface area contributed by atoms with Crippen LogP contribution >= 0.6 is 12.2 Å². The molecule has 0 aliphatic carbocycles. The second-order valence-corrected chi connectivity index (χ2v) is 8.65. The SMILES string of the molecule is COc1ccc(CCNC(=O)c2ccc(Cn3c(=S)[nH]c4cc(C(=O)[O-])ccc4c3=O)cc2)cc1OC. The lowest BCUT2D eigenvalue weighted by molar-refractivity contribution is -0.255. The van der Waals surface area contributed by atoms with Crippen LogP contribution in [0.5, 0.6) is 11.5 Å². The van der Waals surface area contributed by atoms with Gasteiger partial charge in [-0.2, -0.15) is 0 Å². The molecule has 1 aromatic heterocycles. The maximum absolute atomic E-state index is 13.0. The van der Waals surface area contributed by atoms with Crippen molar-refractivity contribution in [1.29, 1.82) is 0 Å². The van der Waals surface area contributed by atoms with Crippen molar-refractivity contribution in [3.05, 3.63) is 98.0 Å². The van der Waals surface area contributed by atoms with Gasteiger partial charge in [-0.1, -0.05) is 24.3 Å². The molecule has 0 saturated carbocycles. The summed E-state index contributed by atoms with van der Waals surface area (Å²) >= 11 is 5.33. The van der Waals surface area contributed by atoms with Gasteiger partial charge in [0.1, 0.15) is 0 Å². The highest BCUT2D eigenvalue weighted by atomic mass is 32.1. The highest BCUT2D eigenvalue weighted by molar-refractivity contribution is 7.71. The number of nitrogens with one attached hydrogen (secondary N) is 2. The monoisotopic (exact) mass is 518 g/mol. The molecule has 4 rings (SSSR count). The minimum Gasteiger partial charge on any atom is -0.545 e. The van der Waals surface area contributed by atoms with Crippen molar-refractivity contribution in [3.63, 3.8) is 0 Å². The second-order valence-electron chi connectivity index (χ2n) is 8.26. The number of carbonyl (C=O) groups excluding carboxylic acids is 2. The Bertz CT molecular complexity index is 1590. The Balaban J connectivity index is 1.42.